The first-order valence-corrected chi connectivity index (χ1v) is 8.80. The van der Waals surface area contributed by atoms with Crippen molar-refractivity contribution in [3.63, 3.8) is 0 Å². The average molecular weight is 356 g/mol. The number of hydrogen-bond acceptors (Lipinski definition) is 2. The zero-order valence-electron chi connectivity index (χ0n) is 14.1. The van der Waals surface area contributed by atoms with E-state index in [9.17, 15) is 18.0 Å². The van der Waals surface area contributed by atoms with Gasteiger partial charge < -0.3 is 14.9 Å². The highest BCUT2D eigenvalue weighted by Crippen LogP contribution is 2.41. The summed E-state index contributed by atoms with van der Waals surface area (Å²) in [7, 11) is 0. The molecule has 1 N–H and O–H groups in total. The maximum Gasteiger partial charge on any atom is 0.416 e. The predicted molar refractivity (Wildman–Crippen MR) is 89.1 cm³/mol. The number of piperazine rings is 1. The standard InChI is InChI=1S/C18H23F3N2O2/c19-18(20,21)14-6-7-16(15(12-14)13-4-2-1-3-5-13)22-8-10-23(11-9-22)17(24)25/h6-7,12-13H,1-5,8-11H2,(H,24,25). The van der Waals surface area contributed by atoms with Gasteiger partial charge in [0.1, 0.15) is 0 Å². The van der Waals surface area contributed by atoms with Crippen LogP contribution < -0.4 is 4.90 Å². The van der Waals surface area contributed by atoms with E-state index >= 15 is 0 Å². The number of amides is 1. The molecule has 0 radical (unpaired) electrons. The molecule has 1 aromatic rings. The monoisotopic (exact) mass is 356 g/mol. The van der Waals surface area contributed by atoms with Gasteiger partial charge in [0.05, 0.1) is 5.56 Å². The maximum atomic E-state index is 13.2. The summed E-state index contributed by atoms with van der Waals surface area (Å²) in [5.41, 5.74) is 1.02. The lowest BCUT2D eigenvalue weighted by Gasteiger charge is -2.37. The van der Waals surface area contributed by atoms with Crippen molar-refractivity contribution in [3.8, 4) is 0 Å². The molecule has 1 amide bonds. The number of nitrogens with zero attached hydrogens (tertiary/aromatic N) is 2. The van der Waals surface area contributed by atoms with Gasteiger partial charge in [0.25, 0.3) is 0 Å². The molecule has 1 aromatic carbocycles. The summed E-state index contributed by atoms with van der Waals surface area (Å²) in [5, 5.41) is 9.06. The molecule has 3 rings (SSSR count). The van der Waals surface area contributed by atoms with Gasteiger partial charge in [-0.1, -0.05) is 19.3 Å². The fourth-order valence-corrected chi connectivity index (χ4v) is 3.90. The fourth-order valence-electron chi connectivity index (χ4n) is 3.90. The molecule has 1 aliphatic heterocycles. The molecule has 25 heavy (non-hydrogen) atoms. The summed E-state index contributed by atoms with van der Waals surface area (Å²) in [6.07, 6.45) is -0.210. The quantitative estimate of drug-likeness (QED) is 0.845. The zero-order valence-corrected chi connectivity index (χ0v) is 14.1. The number of anilines is 1. The van der Waals surface area contributed by atoms with Gasteiger partial charge in [-0.25, -0.2) is 4.79 Å². The van der Waals surface area contributed by atoms with Crippen LogP contribution in [0.4, 0.5) is 23.7 Å². The van der Waals surface area contributed by atoms with Crippen LogP contribution in [0.25, 0.3) is 0 Å². The highest BCUT2D eigenvalue weighted by molar-refractivity contribution is 5.66. The van der Waals surface area contributed by atoms with E-state index < -0.39 is 17.8 Å². The lowest BCUT2D eigenvalue weighted by molar-refractivity contribution is -0.137. The first-order valence-electron chi connectivity index (χ1n) is 8.80. The number of rotatable bonds is 2. The highest BCUT2D eigenvalue weighted by Gasteiger charge is 2.33. The molecule has 1 saturated carbocycles. The van der Waals surface area contributed by atoms with E-state index in [4.69, 9.17) is 5.11 Å². The molecule has 0 aromatic heterocycles. The second-order valence-electron chi connectivity index (χ2n) is 6.86. The molecule has 7 heteroatoms. The Bertz CT molecular complexity index is 619. The van der Waals surface area contributed by atoms with Crippen molar-refractivity contribution in [2.75, 3.05) is 31.1 Å². The van der Waals surface area contributed by atoms with Crippen molar-refractivity contribution in [1.29, 1.82) is 0 Å². The summed E-state index contributed by atoms with van der Waals surface area (Å²) < 4.78 is 39.5. The molecular formula is C18H23F3N2O2. The number of benzene rings is 1. The van der Waals surface area contributed by atoms with Crippen molar-refractivity contribution in [1.82, 2.24) is 4.90 Å². The van der Waals surface area contributed by atoms with Gasteiger partial charge in [-0.3, -0.25) is 0 Å². The van der Waals surface area contributed by atoms with Gasteiger partial charge in [-0.15, -0.1) is 0 Å². The van der Waals surface area contributed by atoms with Gasteiger partial charge in [0.15, 0.2) is 0 Å². The van der Waals surface area contributed by atoms with Gasteiger partial charge in [-0.05, 0) is 42.5 Å². The SMILES string of the molecule is O=C(O)N1CCN(c2ccc(C(F)(F)F)cc2C2CCCCC2)CC1. The van der Waals surface area contributed by atoms with E-state index in [1.54, 1.807) is 6.07 Å². The van der Waals surface area contributed by atoms with Crippen molar-refractivity contribution in [3.05, 3.63) is 29.3 Å². The molecule has 138 valence electrons. The number of halogens is 3. The molecule has 2 fully saturated rings. The molecule has 0 spiro atoms. The third-order valence-corrected chi connectivity index (χ3v) is 5.29. The van der Waals surface area contributed by atoms with Crippen LogP contribution in [0.1, 0.15) is 49.1 Å². The Kier molecular flexibility index (Phi) is 5.11. The van der Waals surface area contributed by atoms with Crippen LogP contribution in [0.2, 0.25) is 0 Å². The molecular weight excluding hydrogens is 333 g/mol. The summed E-state index contributed by atoms with van der Waals surface area (Å²) in [4.78, 5) is 14.4. The van der Waals surface area contributed by atoms with Crippen LogP contribution in [0.5, 0.6) is 0 Å². The molecule has 4 nitrogen and oxygen atoms in total. The second kappa shape index (κ2) is 7.14. The first-order chi connectivity index (χ1) is 11.9. The first kappa shape index (κ1) is 17.9. The van der Waals surface area contributed by atoms with E-state index in [0.29, 0.717) is 26.2 Å². The van der Waals surface area contributed by atoms with Crippen LogP contribution in [0.15, 0.2) is 18.2 Å². The second-order valence-corrected chi connectivity index (χ2v) is 6.86. The summed E-state index contributed by atoms with van der Waals surface area (Å²) in [5.74, 6) is 0.156. The summed E-state index contributed by atoms with van der Waals surface area (Å²) in [6.45, 7) is 1.77. The van der Waals surface area contributed by atoms with Crippen LogP contribution >= 0.6 is 0 Å². The van der Waals surface area contributed by atoms with Crippen LogP contribution in [-0.4, -0.2) is 42.3 Å². The summed E-state index contributed by atoms with van der Waals surface area (Å²) >= 11 is 0. The van der Waals surface area contributed by atoms with Crippen molar-refractivity contribution in [2.45, 2.75) is 44.2 Å². The number of carbonyl (C=O) groups is 1. The van der Waals surface area contributed by atoms with Crippen LogP contribution in [0, 0.1) is 0 Å². The minimum Gasteiger partial charge on any atom is -0.465 e. The van der Waals surface area contributed by atoms with E-state index in [2.05, 4.69) is 0 Å². The predicted octanol–water partition coefficient (Wildman–Crippen LogP) is 4.55. The molecule has 0 atom stereocenters. The Balaban J connectivity index is 1.88. The number of hydrogen-bond donors (Lipinski definition) is 1. The Morgan fingerprint density at radius 3 is 2.24 bits per heavy atom. The third-order valence-electron chi connectivity index (χ3n) is 5.29. The lowest BCUT2D eigenvalue weighted by atomic mass is 9.82. The molecule has 2 aliphatic rings. The van der Waals surface area contributed by atoms with Crippen molar-refractivity contribution >= 4 is 11.8 Å². The van der Waals surface area contributed by atoms with Crippen molar-refractivity contribution in [2.24, 2.45) is 0 Å². The van der Waals surface area contributed by atoms with Crippen LogP contribution in [0.3, 0.4) is 0 Å². The third kappa shape index (κ3) is 4.02. The molecule has 1 heterocycles. The van der Waals surface area contributed by atoms with Crippen LogP contribution in [-0.2, 0) is 6.18 Å². The number of alkyl halides is 3. The van der Waals surface area contributed by atoms with E-state index in [1.807, 2.05) is 4.90 Å². The Labute approximate surface area is 145 Å². The fraction of sp³-hybridized carbons (Fsp3) is 0.611. The molecule has 1 saturated heterocycles. The minimum atomic E-state index is -4.34. The zero-order chi connectivity index (χ0) is 18.0. The smallest absolute Gasteiger partial charge is 0.416 e. The average Bonchev–Trinajstić information content (AvgIpc) is 2.61. The van der Waals surface area contributed by atoms with Gasteiger partial charge in [0, 0.05) is 31.9 Å². The van der Waals surface area contributed by atoms with Gasteiger partial charge in [0.2, 0.25) is 0 Å². The Morgan fingerprint density at radius 2 is 1.68 bits per heavy atom. The largest absolute Gasteiger partial charge is 0.465 e. The van der Waals surface area contributed by atoms with Gasteiger partial charge >= 0.3 is 12.3 Å². The van der Waals surface area contributed by atoms with Gasteiger partial charge in [-0.2, -0.15) is 13.2 Å². The minimum absolute atomic E-state index is 0.156. The Hall–Kier alpha value is -1.92. The van der Waals surface area contributed by atoms with E-state index in [-0.39, 0.29) is 5.92 Å². The highest BCUT2D eigenvalue weighted by atomic mass is 19.4. The molecule has 1 aliphatic carbocycles. The molecule has 0 bridgehead atoms. The van der Waals surface area contributed by atoms with E-state index in [1.165, 1.54) is 11.0 Å². The summed E-state index contributed by atoms with van der Waals surface area (Å²) in [6, 6.07) is 4.03. The van der Waals surface area contributed by atoms with E-state index in [0.717, 1.165) is 49.4 Å². The molecule has 0 unspecified atom stereocenters. The maximum absolute atomic E-state index is 13.2. The topological polar surface area (TPSA) is 43.8 Å². The van der Waals surface area contributed by atoms with Crippen molar-refractivity contribution < 1.29 is 23.1 Å². The normalized spacial score (nSPS) is 20.0. The lowest BCUT2D eigenvalue weighted by Crippen LogP contribution is -2.48. The number of carboxylic acid groups (broad SMARTS) is 1. The Morgan fingerprint density at radius 1 is 1.04 bits per heavy atom.